The fraction of sp³-hybridized carbons (Fsp3) is 0.333. The summed E-state index contributed by atoms with van der Waals surface area (Å²) in [6.07, 6.45) is 3.27. The number of benzene rings is 1. The molecule has 0 radical (unpaired) electrons. The van der Waals surface area contributed by atoms with E-state index in [1.54, 1.807) is 25.3 Å². The Hall–Kier alpha value is -3.72. The Balaban J connectivity index is 1.74. The number of fused-ring (bicyclic) bond motifs is 5. The zero-order chi connectivity index (χ0) is 22.8. The smallest absolute Gasteiger partial charge is 0.349 e. The standard InChI is InChI=1S/C24H21N5O3/c1-13-10-27-22(32-12-24(11-26)6-7-24)20-19-16-5-4-15(9-25)8-17(16)29(3,31)23(30)18(19)14(2)28-21(13)20/h4-5,8,10,19,28H,6-7,12H2,1-3H3/t19-,29?/m0/s1. The number of allylic oxidation sites excluding steroid dienone is 1. The van der Waals surface area contributed by atoms with Gasteiger partial charge in [0.05, 0.1) is 52.9 Å². The van der Waals surface area contributed by atoms with Crippen LogP contribution >= 0.6 is 0 Å². The minimum atomic E-state index is -1.22. The average Bonchev–Trinajstić information content (AvgIpc) is 3.57. The van der Waals surface area contributed by atoms with Gasteiger partial charge in [0.1, 0.15) is 12.3 Å². The van der Waals surface area contributed by atoms with Gasteiger partial charge in [0.15, 0.2) is 0 Å². The highest BCUT2D eigenvalue weighted by Gasteiger charge is 2.49. The summed E-state index contributed by atoms with van der Waals surface area (Å²) in [7, 11) is 1.30. The maximum Gasteiger partial charge on any atom is 0.349 e. The molecular weight excluding hydrogens is 406 g/mol. The van der Waals surface area contributed by atoms with Gasteiger partial charge in [0.25, 0.3) is 0 Å². The Morgan fingerprint density at radius 2 is 2.09 bits per heavy atom. The van der Waals surface area contributed by atoms with Crippen molar-refractivity contribution in [1.82, 2.24) is 9.63 Å². The Labute approximate surface area is 185 Å². The van der Waals surface area contributed by atoms with Gasteiger partial charge in [-0.1, -0.05) is 6.07 Å². The molecule has 160 valence electrons. The van der Waals surface area contributed by atoms with Crippen LogP contribution in [0.15, 0.2) is 35.7 Å². The number of nitrogens with zero attached hydrogens (tertiary/aromatic N) is 4. The summed E-state index contributed by atoms with van der Waals surface area (Å²) in [6, 6.07) is 9.25. The number of pyridine rings is 1. The second kappa shape index (κ2) is 6.64. The predicted octanol–water partition coefficient (Wildman–Crippen LogP) is 3.75. The Morgan fingerprint density at radius 3 is 2.75 bits per heavy atom. The molecule has 8 nitrogen and oxygen atoms in total. The number of aryl methyl sites for hydroxylation is 1. The van der Waals surface area contributed by atoms with Gasteiger partial charge in [-0.2, -0.15) is 10.5 Å². The molecule has 1 saturated carbocycles. The summed E-state index contributed by atoms with van der Waals surface area (Å²) in [6.45, 7) is 3.92. The van der Waals surface area contributed by atoms with Gasteiger partial charge >= 0.3 is 5.91 Å². The molecule has 2 aliphatic heterocycles. The molecule has 3 heterocycles. The van der Waals surface area contributed by atoms with Gasteiger partial charge in [-0.05, 0) is 38.3 Å². The van der Waals surface area contributed by atoms with Gasteiger partial charge in [-0.3, -0.25) is 4.65 Å². The van der Waals surface area contributed by atoms with Gasteiger partial charge in [0.2, 0.25) is 5.88 Å². The number of hydrogen-bond donors (Lipinski definition) is 1. The number of hydroxylamine groups is 2. The first-order valence-corrected chi connectivity index (χ1v) is 10.4. The van der Waals surface area contributed by atoms with Crippen molar-refractivity contribution >= 4 is 17.3 Å². The molecule has 1 aliphatic carbocycles. The fourth-order valence-electron chi connectivity index (χ4n) is 4.58. The van der Waals surface area contributed by atoms with Crippen LogP contribution in [-0.2, 0) is 4.79 Å². The van der Waals surface area contributed by atoms with E-state index in [4.69, 9.17) is 4.74 Å². The number of nitrogens with one attached hydrogen (secondary N) is 1. The van der Waals surface area contributed by atoms with E-state index in [1.807, 2.05) is 13.0 Å². The van der Waals surface area contributed by atoms with Crippen molar-refractivity contribution in [3.05, 3.63) is 63.1 Å². The average molecular weight is 427 g/mol. The third-order valence-electron chi connectivity index (χ3n) is 6.69. The maximum atomic E-state index is 13.4. The lowest BCUT2D eigenvalue weighted by molar-refractivity contribution is -0.123. The van der Waals surface area contributed by atoms with Crippen LogP contribution in [0.2, 0.25) is 0 Å². The summed E-state index contributed by atoms with van der Waals surface area (Å²) in [5.41, 5.74) is 4.04. The summed E-state index contributed by atoms with van der Waals surface area (Å²) in [5, 5.41) is 35.5. The molecule has 0 saturated heterocycles. The molecule has 1 aromatic heterocycles. The number of aromatic nitrogens is 1. The lowest BCUT2D eigenvalue weighted by Gasteiger charge is -2.45. The zero-order valence-corrected chi connectivity index (χ0v) is 18.0. The van der Waals surface area contributed by atoms with Crippen molar-refractivity contribution < 1.29 is 9.53 Å². The maximum absolute atomic E-state index is 13.4. The summed E-state index contributed by atoms with van der Waals surface area (Å²) in [5.74, 6) is -0.794. The van der Waals surface area contributed by atoms with Crippen LogP contribution in [0.4, 0.5) is 11.4 Å². The van der Waals surface area contributed by atoms with Crippen LogP contribution in [0, 0.1) is 40.2 Å². The van der Waals surface area contributed by atoms with E-state index in [0.29, 0.717) is 33.8 Å². The molecule has 0 spiro atoms. The van der Waals surface area contributed by atoms with E-state index >= 15 is 0 Å². The lowest BCUT2D eigenvalue weighted by atomic mass is 9.76. The van der Waals surface area contributed by atoms with Crippen molar-refractivity contribution in [3.8, 4) is 18.0 Å². The Kier molecular flexibility index (Phi) is 4.19. The Morgan fingerprint density at radius 1 is 1.34 bits per heavy atom. The predicted molar refractivity (Wildman–Crippen MR) is 117 cm³/mol. The molecule has 1 fully saturated rings. The number of hydrogen-bond acceptors (Lipinski definition) is 7. The van der Waals surface area contributed by atoms with Crippen LogP contribution < -0.4 is 14.7 Å². The highest BCUT2D eigenvalue weighted by Crippen LogP contribution is 2.54. The number of nitriles is 2. The van der Waals surface area contributed by atoms with E-state index < -0.39 is 21.9 Å². The highest BCUT2D eigenvalue weighted by molar-refractivity contribution is 6.09. The third kappa shape index (κ3) is 2.74. The summed E-state index contributed by atoms with van der Waals surface area (Å²) < 4.78 is 4.84. The minimum Gasteiger partial charge on any atom is -0.620 e. The van der Waals surface area contributed by atoms with Crippen molar-refractivity contribution in [2.45, 2.75) is 32.6 Å². The lowest BCUT2D eigenvalue weighted by Crippen LogP contribution is -2.51. The molecule has 0 bridgehead atoms. The molecule has 1 amide bonds. The number of amides is 1. The molecule has 3 aliphatic rings. The molecule has 1 unspecified atom stereocenters. The molecule has 32 heavy (non-hydrogen) atoms. The van der Waals surface area contributed by atoms with E-state index in [9.17, 15) is 20.5 Å². The first-order chi connectivity index (χ1) is 15.2. The first-order valence-electron chi connectivity index (χ1n) is 10.4. The van der Waals surface area contributed by atoms with E-state index in [1.165, 1.54) is 13.1 Å². The van der Waals surface area contributed by atoms with Crippen LogP contribution in [-0.4, -0.2) is 24.5 Å². The molecule has 5 rings (SSSR count). The second-order valence-electron chi connectivity index (χ2n) is 8.93. The van der Waals surface area contributed by atoms with Crippen molar-refractivity contribution in [3.63, 3.8) is 0 Å². The largest absolute Gasteiger partial charge is 0.620 e. The van der Waals surface area contributed by atoms with Crippen LogP contribution in [0.1, 0.15) is 47.9 Å². The number of quaternary nitrogens is 1. The molecule has 8 heteroatoms. The number of anilines is 1. The van der Waals surface area contributed by atoms with Gasteiger partial charge in [-0.25, -0.2) is 9.78 Å². The molecular formula is C24H21N5O3. The number of rotatable bonds is 3. The summed E-state index contributed by atoms with van der Waals surface area (Å²) in [4.78, 5) is 17.9. The summed E-state index contributed by atoms with van der Waals surface area (Å²) >= 11 is 0. The monoisotopic (exact) mass is 427 g/mol. The van der Waals surface area contributed by atoms with Gasteiger partial charge in [-0.15, -0.1) is 0 Å². The quantitative estimate of drug-likeness (QED) is 0.585. The van der Waals surface area contributed by atoms with Crippen LogP contribution in [0.25, 0.3) is 0 Å². The van der Waals surface area contributed by atoms with Crippen molar-refractivity contribution in [1.29, 1.82) is 10.5 Å². The first kappa shape index (κ1) is 20.2. The topological polar surface area (TPSA) is 122 Å². The normalized spacial score (nSPS) is 24.3. The number of ether oxygens (including phenoxy) is 1. The molecule has 1 aromatic carbocycles. The van der Waals surface area contributed by atoms with Gasteiger partial charge < -0.3 is 15.3 Å². The molecule has 1 N–H and O–H groups in total. The van der Waals surface area contributed by atoms with E-state index in [0.717, 1.165) is 24.1 Å². The van der Waals surface area contributed by atoms with E-state index in [-0.39, 0.29) is 12.3 Å². The third-order valence-corrected chi connectivity index (χ3v) is 6.69. The van der Waals surface area contributed by atoms with Gasteiger partial charge in [0, 0.05) is 23.5 Å². The van der Waals surface area contributed by atoms with E-state index in [2.05, 4.69) is 16.4 Å². The van der Waals surface area contributed by atoms with Crippen LogP contribution in [0.3, 0.4) is 0 Å². The highest BCUT2D eigenvalue weighted by atomic mass is 16.6. The number of carbonyl (C=O) groups is 1. The number of carbonyl (C=O) groups excluding carboxylic acids is 1. The second-order valence-corrected chi connectivity index (χ2v) is 8.93. The molecule has 2 atom stereocenters. The number of likely N-dealkylation sites (N-methyl/N-ethyl adjacent to an activating group) is 1. The van der Waals surface area contributed by atoms with Crippen molar-refractivity contribution in [2.24, 2.45) is 5.41 Å². The minimum absolute atomic E-state index is 0.222. The van der Waals surface area contributed by atoms with Crippen LogP contribution in [0.5, 0.6) is 5.88 Å². The Bertz CT molecular complexity index is 1310. The SMILES string of the molecule is CC1=C2C(=O)[N+](C)([O-])c3cc(C#N)ccc3[C@@H]2c2c(OCC3(C#N)CC3)ncc(C)c2N1. The van der Waals surface area contributed by atoms with Crippen molar-refractivity contribution in [2.75, 3.05) is 19.0 Å². The zero-order valence-electron chi connectivity index (χ0n) is 18.0. The molecule has 2 aromatic rings. The fourth-order valence-corrected chi connectivity index (χ4v) is 4.58.